The first-order chi connectivity index (χ1) is 12.8. The Balaban J connectivity index is 1.54. The Morgan fingerprint density at radius 3 is 2.52 bits per heavy atom. The number of nitrogens with zero attached hydrogens (tertiary/aromatic N) is 1. The molecule has 0 unspecified atom stereocenters. The molecule has 0 saturated heterocycles. The highest BCUT2D eigenvalue weighted by atomic mass is 32.2. The van der Waals surface area contributed by atoms with Crippen LogP contribution in [0.25, 0.3) is 0 Å². The predicted octanol–water partition coefficient (Wildman–Crippen LogP) is 4.91. The summed E-state index contributed by atoms with van der Waals surface area (Å²) in [7, 11) is 0. The van der Waals surface area contributed by atoms with Gasteiger partial charge in [-0.05, 0) is 34.7 Å². The predicted molar refractivity (Wildman–Crippen MR) is 115 cm³/mol. The summed E-state index contributed by atoms with van der Waals surface area (Å²) in [4.78, 5) is 28.9. The van der Waals surface area contributed by atoms with Crippen LogP contribution < -0.4 is 5.32 Å². The molecular formula is C21H22N2O2S2. The van der Waals surface area contributed by atoms with Crippen molar-refractivity contribution in [3.8, 4) is 0 Å². The Hall–Kier alpha value is -2.05. The Morgan fingerprint density at radius 2 is 1.81 bits per heavy atom. The summed E-state index contributed by atoms with van der Waals surface area (Å²) >= 11 is 2.98. The van der Waals surface area contributed by atoms with Crippen molar-refractivity contribution in [3.05, 3.63) is 65.2 Å². The number of hydrogen-bond acceptors (Lipinski definition) is 5. The minimum atomic E-state index is -0.371. The average molecular weight is 399 g/mol. The molecule has 140 valence electrons. The molecule has 1 heterocycles. The van der Waals surface area contributed by atoms with Gasteiger partial charge in [0.1, 0.15) is 4.38 Å². The smallest absolute Gasteiger partial charge is 0.257 e. The van der Waals surface area contributed by atoms with E-state index < -0.39 is 0 Å². The molecule has 0 radical (unpaired) electrons. The lowest BCUT2D eigenvalue weighted by molar-refractivity contribution is -0.117. The second kappa shape index (κ2) is 8.31. The molecule has 3 rings (SSSR count). The first-order valence-corrected chi connectivity index (χ1v) is 10.7. The highest BCUT2D eigenvalue weighted by Gasteiger charge is 2.17. The van der Waals surface area contributed by atoms with Gasteiger partial charge in [-0.2, -0.15) is 0 Å². The van der Waals surface area contributed by atoms with Crippen LogP contribution in [0.3, 0.4) is 0 Å². The van der Waals surface area contributed by atoms with Crippen LogP contribution in [-0.2, 0) is 16.0 Å². The molecule has 0 atom stereocenters. The largest absolute Gasteiger partial charge is 0.292 e. The molecule has 1 aliphatic rings. The van der Waals surface area contributed by atoms with E-state index in [0.29, 0.717) is 5.56 Å². The normalized spacial score (nSPS) is 13.5. The topological polar surface area (TPSA) is 58.5 Å². The number of carbonyl (C=O) groups excluding carboxylic acids is 2. The standard InChI is InChI=1S/C21H22N2O2S2/c1-21(2,3)16-10-8-14(9-11-16)19(25)23-18(24)13-27-20-22-17-7-5-4-6-15(17)12-26-20/h4-11H,12-13H2,1-3H3,(H,23,24,25). The minimum absolute atomic E-state index is 0.0263. The summed E-state index contributed by atoms with van der Waals surface area (Å²) in [5.74, 6) is 0.333. The van der Waals surface area contributed by atoms with E-state index in [2.05, 4.69) is 37.1 Å². The third-order valence-corrected chi connectivity index (χ3v) is 6.39. The molecular weight excluding hydrogens is 376 g/mol. The second-order valence-corrected chi connectivity index (χ2v) is 9.47. The van der Waals surface area contributed by atoms with E-state index in [1.807, 2.05) is 30.3 Å². The van der Waals surface area contributed by atoms with Crippen molar-refractivity contribution in [1.82, 2.24) is 5.32 Å². The maximum absolute atomic E-state index is 12.3. The van der Waals surface area contributed by atoms with E-state index >= 15 is 0 Å². The van der Waals surface area contributed by atoms with Gasteiger partial charge < -0.3 is 0 Å². The monoisotopic (exact) mass is 398 g/mol. The molecule has 1 N–H and O–H groups in total. The van der Waals surface area contributed by atoms with Gasteiger partial charge in [-0.1, -0.05) is 74.6 Å². The number of imide groups is 1. The maximum Gasteiger partial charge on any atom is 0.257 e. The fraction of sp³-hybridized carbons (Fsp3) is 0.286. The van der Waals surface area contributed by atoms with E-state index in [-0.39, 0.29) is 23.0 Å². The van der Waals surface area contributed by atoms with Gasteiger partial charge in [0.25, 0.3) is 5.91 Å². The first kappa shape index (κ1) is 19.7. The van der Waals surface area contributed by atoms with Gasteiger partial charge in [0.15, 0.2) is 0 Å². The van der Waals surface area contributed by atoms with Gasteiger partial charge in [-0.15, -0.1) is 0 Å². The fourth-order valence-electron chi connectivity index (χ4n) is 2.57. The number of rotatable bonds is 3. The molecule has 6 heteroatoms. The Labute approximate surface area is 168 Å². The third-order valence-electron chi connectivity index (χ3n) is 4.15. The highest BCUT2D eigenvalue weighted by molar-refractivity contribution is 8.38. The molecule has 2 amide bonds. The Morgan fingerprint density at radius 1 is 1.11 bits per heavy atom. The van der Waals surface area contributed by atoms with Crippen molar-refractivity contribution < 1.29 is 9.59 Å². The molecule has 1 aliphatic heterocycles. The summed E-state index contributed by atoms with van der Waals surface area (Å²) in [6, 6.07) is 15.4. The summed E-state index contributed by atoms with van der Waals surface area (Å²) < 4.78 is 0.853. The average Bonchev–Trinajstić information content (AvgIpc) is 2.65. The lowest BCUT2D eigenvalue weighted by Crippen LogP contribution is -2.32. The van der Waals surface area contributed by atoms with Crippen molar-refractivity contribution in [1.29, 1.82) is 0 Å². The fourth-order valence-corrected chi connectivity index (χ4v) is 4.43. The van der Waals surface area contributed by atoms with Crippen molar-refractivity contribution >= 4 is 45.4 Å². The maximum atomic E-state index is 12.3. The molecule has 0 saturated carbocycles. The van der Waals surface area contributed by atoms with Crippen LogP contribution in [0.2, 0.25) is 0 Å². The van der Waals surface area contributed by atoms with E-state index in [1.54, 1.807) is 23.9 Å². The zero-order valence-electron chi connectivity index (χ0n) is 15.6. The highest BCUT2D eigenvalue weighted by Crippen LogP contribution is 2.34. The van der Waals surface area contributed by atoms with Gasteiger partial charge >= 0.3 is 0 Å². The third kappa shape index (κ3) is 5.23. The number of nitrogens with one attached hydrogen (secondary N) is 1. The number of aliphatic imine (C=N–C) groups is 1. The minimum Gasteiger partial charge on any atom is -0.292 e. The second-order valence-electron chi connectivity index (χ2n) is 7.29. The van der Waals surface area contributed by atoms with Gasteiger partial charge in [0.2, 0.25) is 5.91 Å². The molecule has 27 heavy (non-hydrogen) atoms. The van der Waals surface area contributed by atoms with Crippen LogP contribution >= 0.6 is 23.5 Å². The van der Waals surface area contributed by atoms with Crippen LogP contribution in [0.4, 0.5) is 5.69 Å². The number of benzene rings is 2. The molecule has 0 aliphatic carbocycles. The van der Waals surface area contributed by atoms with Gasteiger partial charge in [-0.25, -0.2) is 4.99 Å². The number of fused-ring (bicyclic) bond motifs is 1. The number of hydrogen-bond donors (Lipinski definition) is 1. The number of carbonyl (C=O) groups is 2. The lowest BCUT2D eigenvalue weighted by Gasteiger charge is -2.19. The van der Waals surface area contributed by atoms with Crippen LogP contribution in [0.5, 0.6) is 0 Å². The number of thioether (sulfide) groups is 2. The Kier molecular flexibility index (Phi) is 6.07. The lowest BCUT2D eigenvalue weighted by atomic mass is 9.87. The van der Waals surface area contributed by atoms with E-state index in [4.69, 9.17) is 0 Å². The van der Waals surface area contributed by atoms with Crippen LogP contribution in [0.15, 0.2) is 53.5 Å². The zero-order chi connectivity index (χ0) is 19.4. The number of amides is 2. The van der Waals surface area contributed by atoms with Gasteiger partial charge in [-0.3, -0.25) is 14.9 Å². The van der Waals surface area contributed by atoms with Crippen molar-refractivity contribution in [2.24, 2.45) is 4.99 Å². The van der Waals surface area contributed by atoms with E-state index in [0.717, 1.165) is 21.4 Å². The summed E-state index contributed by atoms with van der Waals surface area (Å²) in [6.45, 7) is 6.35. The molecule has 2 aromatic rings. The molecule has 2 aromatic carbocycles. The molecule has 0 spiro atoms. The van der Waals surface area contributed by atoms with Crippen LogP contribution in [0, 0.1) is 0 Å². The number of para-hydroxylation sites is 1. The van der Waals surface area contributed by atoms with Crippen molar-refractivity contribution in [2.45, 2.75) is 31.9 Å². The van der Waals surface area contributed by atoms with Gasteiger partial charge in [0.05, 0.1) is 11.4 Å². The summed E-state index contributed by atoms with van der Waals surface area (Å²) in [5.41, 5.74) is 3.81. The van der Waals surface area contributed by atoms with E-state index in [9.17, 15) is 9.59 Å². The molecule has 0 fully saturated rings. The zero-order valence-corrected chi connectivity index (χ0v) is 17.2. The summed E-state index contributed by atoms with van der Waals surface area (Å²) in [6.07, 6.45) is 0. The molecule has 0 bridgehead atoms. The van der Waals surface area contributed by atoms with Crippen LogP contribution in [0.1, 0.15) is 42.3 Å². The molecule has 0 aromatic heterocycles. The quantitative estimate of drug-likeness (QED) is 0.798. The SMILES string of the molecule is CC(C)(C)c1ccc(C(=O)NC(=O)CSC2=Nc3ccccc3CS2)cc1. The van der Waals surface area contributed by atoms with E-state index in [1.165, 1.54) is 17.3 Å². The molecule has 4 nitrogen and oxygen atoms in total. The Bertz CT molecular complexity index is 884. The van der Waals surface area contributed by atoms with Crippen molar-refractivity contribution in [3.63, 3.8) is 0 Å². The van der Waals surface area contributed by atoms with Gasteiger partial charge in [0, 0.05) is 11.3 Å². The van der Waals surface area contributed by atoms with Crippen LogP contribution in [-0.4, -0.2) is 21.9 Å². The summed E-state index contributed by atoms with van der Waals surface area (Å²) in [5, 5.41) is 2.45. The first-order valence-electron chi connectivity index (χ1n) is 8.70. The van der Waals surface area contributed by atoms with Crippen molar-refractivity contribution in [2.75, 3.05) is 5.75 Å².